The second-order valence-electron chi connectivity index (χ2n) is 7.65. The van der Waals surface area contributed by atoms with Crippen molar-refractivity contribution in [2.45, 2.75) is 32.2 Å². The van der Waals surface area contributed by atoms with Gasteiger partial charge in [-0.05, 0) is 59.6 Å². The summed E-state index contributed by atoms with van der Waals surface area (Å²) in [6.07, 6.45) is 7.69. The standard InChI is InChI=1S/C24H27N3O3/c1-29-11-10-27-15-19(14-26-27)17-8-6-16(7-9-17)12-18-13-22(24(25)28)23(30-2)21-5-3-4-20(18)21/h6-9,13-15H,3-5,10-12H2,1-2H3,(H2,25,28). The fourth-order valence-electron chi connectivity index (χ4n) is 4.27. The van der Waals surface area contributed by atoms with Gasteiger partial charge in [0.05, 0.1) is 32.0 Å². The van der Waals surface area contributed by atoms with Crippen LogP contribution in [0.2, 0.25) is 0 Å². The highest BCUT2D eigenvalue weighted by atomic mass is 16.5. The molecule has 1 amide bonds. The van der Waals surface area contributed by atoms with Crippen molar-refractivity contribution >= 4 is 5.91 Å². The van der Waals surface area contributed by atoms with Crippen LogP contribution in [0.3, 0.4) is 0 Å². The number of ether oxygens (including phenoxy) is 2. The highest BCUT2D eigenvalue weighted by Gasteiger charge is 2.24. The van der Waals surface area contributed by atoms with Gasteiger partial charge in [0.15, 0.2) is 0 Å². The van der Waals surface area contributed by atoms with Crippen molar-refractivity contribution in [1.82, 2.24) is 9.78 Å². The summed E-state index contributed by atoms with van der Waals surface area (Å²) in [5, 5.41) is 4.38. The van der Waals surface area contributed by atoms with Gasteiger partial charge in [0.25, 0.3) is 5.91 Å². The van der Waals surface area contributed by atoms with E-state index in [4.69, 9.17) is 15.2 Å². The molecule has 1 aromatic heterocycles. The Morgan fingerprint density at radius 3 is 2.60 bits per heavy atom. The second kappa shape index (κ2) is 8.71. The molecule has 0 saturated carbocycles. The van der Waals surface area contributed by atoms with Gasteiger partial charge < -0.3 is 15.2 Å². The first-order valence-electron chi connectivity index (χ1n) is 10.2. The number of nitrogens with two attached hydrogens (primary N) is 1. The fourth-order valence-corrected chi connectivity index (χ4v) is 4.27. The molecular weight excluding hydrogens is 378 g/mol. The molecule has 0 atom stereocenters. The third-order valence-corrected chi connectivity index (χ3v) is 5.75. The van der Waals surface area contributed by atoms with Gasteiger partial charge in [-0.15, -0.1) is 0 Å². The fraction of sp³-hybridized carbons (Fsp3) is 0.333. The molecule has 3 aromatic rings. The third kappa shape index (κ3) is 3.96. The average molecular weight is 405 g/mol. The van der Waals surface area contributed by atoms with E-state index in [-0.39, 0.29) is 0 Å². The van der Waals surface area contributed by atoms with Crippen LogP contribution in [0.1, 0.15) is 39.0 Å². The summed E-state index contributed by atoms with van der Waals surface area (Å²) in [7, 11) is 3.30. The summed E-state index contributed by atoms with van der Waals surface area (Å²) in [5.74, 6) is 0.211. The Bertz CT molecular complexity index is 1050. The molecular formula is C24H27N3O3. The number of nitrogens with zero attached hydrogens (tertiary/aromatic N) is 2. The smallest absolute Gasteiger partial charge is 0.252 e. The lowest BCUT2D eigenvalue weighted by molar-refractivity contribution is 0.0997. The molecule has 0 saturated heterocycles. The Hall–Kier alpha value is -3.12. The molecule has 0 radical (unpaired) electrons. The average Bonchev–Trinajstić information content (AvgIpc) is 3.42. The molecule has 1 heterocycles. The van der Waals surface area contributed by atoms with E-state index < -0.39 is 5.91 Å². The number of methoxy groups -OCH3 is 2. The summed E-state index contributed by atoms with van der Waals surface area (Å²) in [6, 6.07) is 10.4. The van der Waals surface area contributed by atoms with Crippen LogP contribution in [0.15, 0.2) is 42.7 Å². The number of fused-ring (bicyclic) bond motifs is 1. The lowest BCUT2D eigenvalue weighted by atomic mass is 9.93. The van der Waals surface area contributed by atoms with Crippen molar-refractivity contribution in [3.8, 4) is 16.9 Å². The normalized spacial score (nSPS) is 12.7. The quantitative estimate of drug-likeness (QED) is 0.623. The number of hydrogen-bond donors (Lipinski definition) is 1. The molecule has 2 N–H and O–H groups in total. The van der Waals surface area contributed by atoms with E-state index in [0.29, 0.717) is 17.9 Å². The highest BCUT2D eigenvalue weighted by molar-refractivity contribution is 5.96. The number of carbonyl (C=O) groups is 1. The van der Waals surface area contributed by atoms with Gasteiger partial charge in [0.1, 0.15) is 5.75 Å². The molecule has 0 aliphatic heterocycles. The predicted molar refractivity (Wildman–Crippen MR) is 116 cm³/mol. The molecule has 0 spiro atoms. The zero-order valence-corrected chi connectivity index (χ0v) is 17.5. The molecule has 1 aliphatic carbocycles. The van der Waals surface area contributed by atoms with Crippen molar-refractivity contribution < 1.29 is 14.3 Å². The minimum absolute atomic E-state index is 0.441. The lowest BCUT2D eigenvalue weighted by Crippen LogP contribution is -2.15. The van der Waals surface area contributed by atoms with Crippen LogP contribution in [-0.4, -0.2) is 36.5 Å². The monoisotopic (exact) mass is 405 g/mol. The predicted octanol–water partition coefficient (Wildman–Crippen LogP) is 3.38. The van der Waals surface area contributed by atoms with E-state index >= 15 is 0 Å². The lowest BCUT2D eigenvalue weighted by Gasteiger charge is -2.16. The van der Waals surface area contributed by atoms with Crippen molar-refractivity contribution in [2.75, 3.05) is 20.8 Å². The SMILES string of the molecule is COCCn1cc(-c2ccc(Cc3cc(C(N)=O)c(OC)c4c3CCC4)cc2)cn1. The van der Waals surface area contributed by atoms with Gasteiger partial charge >= 0.3 is 0 Å². The van der Waals surface area contributed by atoms with Crippen molar-refractivity contribution in [1.29, 1.82) is 0 Å². The van der Waals surface area contributed by atoms with Gasteiger partial charge in [-0.1, -0.05) is 24.3 Å². The Balaban J connectivity index is 1.58. The van der Waals surface area contributed by atoms with Crippen LogP contribution in [-0.2, 0) is 30.5 Å². The first-order valence-corrected chi connectivity index (χ1v) is 10.2. The maximum Gasteiger partial charge on any atom is 0.252 e. The molecule has 6 nitrogen and oxygen atoms in total. The summed E-state index contributed by atoms with van der Waals surface area (Å²) in [6.45, 7) is 1.37. The number of rotatable bonds is 8. The Morgan fingerprint density at radius 2 is 1.90 bits per heavy atom. The molecule has 0 unspecified atom stereocenters. The Morgan fingerprint density at radius 1 is 1.13 bits per heavy atom. The summed E-state index contributed by atoms with van der Waals surface area (Å²) < 4.78 is 12.5. The van der Waals surface area contributed by atoms with Gasteiger partial charge in [0.2, 0.25) is 0 Å². The van der Waals surface area contributed by atoms with E-state index in [0.717, 1.165) is 54.5 Å². The molecule has 2 aromatic carbocycles. The summed E-state index contributed by atoms with van der Waals surface area (Å²) in [5.41, 5.74) is 13.1. The Labute approximate surface area is 176 Å². The number of hydrogen-bond acceptors (Lipinski definition) is 4. The summed E-state index contributed by atoms with van der Waals surface area (Å²) >= 11 is 0. The first kappa shape index (κ1) is 20.2. The van der Waals surface area contributed by atoms with E-state index in [2.05, 4.69) is 29.4 Å². The molecule has 30 heavy (non-hydrogen) atoms. The molecule has 6 heteroatoms. The largest absolute Gasteiger partial charge is 0.496 e. The summed E-state index contributed by atoms with van der Waals surface area (Å²) in [4.78, 5) is 12.0. The van der Waals surface area contributed by atoms with Gasteiger partial charge in [0, 0.05) is 18.9 Å². The van der Waals surface area contributed by atoms with Gasteiger partial charge in [-0.2, -0.15) is 5.10 Å². The number of aromatic nitrogens is 2. The van der Waals surface area contributed by atoms with Crippen molar-refractivity contribution in [2.24, 2.45) is 5.73 Å². The number of carbonyl (C=O) groups excluding carboxylic acids is 1. The number of benzene rings is 2. The van der Waals surface area contributed by atoms with Crippen LogP contribution in [0, 0.1) is 0 Å². The first-order chi connectivity index (χ1) is 14.6. The highest BCUT2D eigenvalue weighted by Crippen LogP contribution is 2.37. The second-order valence-corrected chi connectivity index (χ2v) is 7.65. The van der Waals surface area contributed by atoms with Crippen LogP contribution >= 0.6 is 0 Å². The minimum atomic E-state index is -0.441. The van der Waals surface area contributed by atoms with Crippen LogP contribution in [0.25, 0.3) is 11.1 Å². The Kier molecular flexibility index (Phi) is 5.86. The van der Waals surface area contributed by atoms with Gasteiger partial charge in [-0.25, -0.2) is 0 Å². The topological polar surface area (TPSA) is 79.4 Å². The zero-order chi connectivity index (χ0) is 21.1. The maximum absolute atomic E-state index is 12.0. The van der Waals surface area contributed by atoms with Crippen LogP contribution in [0.5, 0.6) is 5.75 Å². The minimum Gasteiger partial charge on any atom is -0.496 e. The number of primary amides is 1. The van der Waals surface area contributed by atoms with Crippen LogP contribution in [0.4, 0.5) is 0 Å². The molecule has 4 rings (SSSR count). The van der Waals surface area contributed by atoms with Crippen LogP contribution < -0.4 is 10.5 Å². The van der Waals surface area contributed by atoms with Crippen molar-refractivity contribution in [3.05, 3.63) is 70.5 Å². The molecule has 0 fully saturated rings. The third-order valence-electron chi connectivity index (χ3n) is 5.75. The van der Waals surface area contributed by atoms with E-state index in [1.54, 1.807) is 14.2 Å². The molecule has 156 valence electrons. The maximum atomic E-state index is 12.0. The molecule has 0 bridgehead atoms. The van der Waals surface area contributed by atoms with E-state index in [9.17, 15) is 4.79 Å². The zero-order valence-electron chi connectivity index (χ0n) is 17.5. The molecule has 1 aliphatic rings. The van der Waals surface area contributed by atoms with Crippen molar-refractivity contribution in [3.63, 3.8) is 0 Å². The van der Waals surface area contributed by atoms with E-state index in [1.807, 2.05) is 23.1 Å². The van der Waals surface area contributed by atoms with E-state index in [1.165, 1.54) is 11.1 Å². The number of amides is 1. The van der Waals surface area contributed by atoms with Gasteiger partial charge in [-0.3, -0.25) is 9.48 Å².